The molecule has 8 heteroatoms. The molecular weight excluding hydrogens is 428 g/mol. The number of amides is 1. The molecule has 3 rings (SSSR count). The quantitative estimate of drug-likeness (QED) is 0.688. The standard InChI is InChI=1S/C25H33F2N3O3/c1-24(2,3)13-19(31)21(25(4,5)6)29-23(32)20-18-14-33-11-7-10-30(18)22(28-20)15-8-9-16(26)17(27)12-15/h8-9,12,21H,7,10-11,13-14H2,1-6H3,(H,29,32)/t21-/m1/s1. The van der Waals surface area contributed by atoms with Gasteiger partial charge in [0.25, 0.3) is 5.91 Å². The smallest absolute Gasteiger partial charge is 0.272 e. The molecule has 1 amide bonds. The summed E-state index contributed by atoms with van der Waals surface area (Å²) in [5.74, 6) is -2.10. The van der Waals surface area contributed by atoms with Gasteiger partial charge in [-0.05, 0) is 35.4 Å². The van der Waals surface area contributed by atoms with Crippen molar-refractivity contribution in [3.8, 4) is 11.4 Å². The van der Waals surface area contributed by atoms with Crippen LogP contribution in [0.1, 0.15) is 70.6 Å². The van der Waals surface area contributed by atoms with E-state index >= 15 is 0 Å². The first kappa shape index (κ1) is 25.0. The third-order valence-corrected chi connectivity index (χ3v) is 5.54. The van der Waals surface area contributed by atoms with Crippen LogP contribution in [0.5, 0.6) is 0 Å². The van der Waals surface area contributed by atoms with Crippen molar-refractivity contribution < 1.29 is 23.1 Å². The molecule has 0 saturated carbocycles. The number of benzene rings is 1. The minimum Gasteiger partial charge on any atom is -0.375 e. The number of nitrogens with one attached hydrogen (secondary N) is 1. The molecule has 0 spiro atoms. The van der Waals surface area contributed by atoms with Crippen molar-refractivity contribution in [2.24, 2.45) is 10.8 Å². The number of nitrogens with zero attached hydrogens (tertiary/aromatic N) is 2. The van der Waals surface area contributed by atoms with E-state index in [1.807, 2.05) is 46.1 Å². The maximum Gasteiger partial charge on any atom is 0.272 e. The Hall–Kier alpha value is -2.61. The third-order valence-electron chi connectivity index (χ3n) is 5.54. The average Bonchev–Trinajstić information content (AvgIpc) is 2.87. The van der Waals surface area contributed by atoms with Gasteiger partial charge >= 0.3 is 0 Å². The van der Waals surface area contributed by atoms with Crippen molar-refractivity contribution in [1.82, 2.24) is 14.9 Å². The van der Waals surface area contributed by atoms with Gasteiger partial charge in [0.2, 0.25) is 0 Å². The van der Waals surface area contributed by atoms with Gasteiger partial charge in [0.1, 0.15) is 5.82 Å². The number of carbonyl (C=O) groups is 2. The first-order valence-electron chi connectivity index (χ1n) is 11.2. The van der Waals surface area contributed by atoms with Crippen LogP contribution in [0.4, 0.5) is 8.78 Å². The third kappa shape index (κ3) is 5.85. The van der Waals surface area contributed by atoms with Gasteiger partial charge in [-0.15, -0.1) is 0 Å². The van der Waals surface area contributed by atoms with Gasteiger partial charge in [0, 0.05) is 25.1 Å². The highest BCUT2D eigenvalue weighted by Gasteiger charge is 2.36. The minimum atomic E-state index is -0.985. The summed E-state index contributed by atoms with van der Waals surface area (Å²) in [6, 6.07) is 2.84. The Bertz CT molecular complexity index is 1050. The number of hydrogen-bond acceptors (Lipinski definition) is 4. The van der Waals surface area contributed by atoms with Crippen molar-refractivity contribution in [2.45, 2.75) is 73.6 Å². The predicted molar refractivity (Wildman–Crippen MR) is 122 cm³/mol. The molecule has 0 unspecified atom stereocenters. The SMILES string of the molecule is CC(C)(C)CC(=O)[C@@H](NC(=O)c1nc(-c2ccc(F)c(F)c2)n2c1COCCC2)C(C)(C)C. The van der Waals surface area contributed by atoms with E-state index in [9.17, 15) is 18.4 Å². The van der Waals surface area contributed by atoms with Gasteiger partial charge in [-0.1, -0.05) is 41.5 Å². The highest BCUT2D eigenvalue weighted by Crippen LogP contribution is 2.29. The zero-order valence-corrected chi connectivity index (χ0v) is 20.2. The lowest BCUT2D eigenvalue weighted by Gasteiger charge is -2.32. The summed E-state index contributed by atoms with van der Waals surface area (Å²) in [5, 5.41) is 2.90. The number of fused-ring (bicyclic) bond motifs is 1. The average molecular weight is 462 g/mol. The first-order chi connectivity index (χ1) is 15.3. The molecule has 0 bridgehead atoms. The van der Waals surface area contributed by atoms with Gasteiger partial charge in [-0.2, -0.15) is 0 Å². The van der Waals surface area contributed by atoms with E-state index in [0.717, 1.165) is 12.1 Å². The second kappa shape index (κ2) is 9.33. The molecule has 0 aliphatic carbocycles. The molecule has 1 aliphatic rings. The number of halogens is 2. The van der Waals surface area contributed by atoms with Crippen LogP contribution in [0, 0.1) is 22.5 Å². The zero-order valence-electron chi connectivity index (χ0n) is 20.2. The fourth-order valence-electron chi connectivity index (χ4n) is 4.01. The van der Waals surface area contributed by atoms with E-state index < -0.39 is 29.0 Å². The number of imidazole rings is 1. The van der Waals surface area contributed by atoms with E-state index in [4.69, 9.17) is 4.74 Å². The van der Waals surface area contributed by atoms with Gasteiger partial charge < -0.3 is 14.6 Å². The number of aromatic nitrogens is 2. The molecule has 33 heavy (non-hydrogen) atoms. The van der Waals surface area contributed by atoms with Crippen LogP contribution in [-0.4, -0.2) is 33.9 Å². The van der Waals surface area contributed by atoms with Gasteiger partial charge in [0.15, 0.2) is 23.1 Å². The Balaban J connectivity index is 2.00. The van der Waals surface area contributed by atoms with E-state index in [1.54, 1.807) is 0 Å². The molecule has 1 aromatic heterocycles. The lowest BCUT2D eigenvalue weighted by atomic mass is 9.79. The van der Waals surface area contributed by atoms with E-state index in [1.165, 1.54) is 6.07 Å². The summed E-state index contributed by atoms with van der Waals surface area (Å²) in [5.41, 5.74) is 0.334. The van der Waals surface area contributed by atoms with Crippen molar-refractivity contribution in [3.63, 3.8) is 0 Å². The van der Waals surface area contributed by atoms with Gasteiger partial charge in [-0.3, -0.25) is 9.59 Å². The number of hydrogen-bond donors (Lipinski definition) is 1. The van der Waals surface area contributed by atoms with Crippen molar-refractivity contribution >= 4 is 11.7 Å². The largest absolute Gasteiger partial charge is 0.375 e. The molecule has 2 aromatic rings. The molecule has 1 N–H and O–H groups in total. The summed E-state index contributed by atoms with van der Waals surface area (Å²) < 4.78 is 34.9. The monoisotopic (exact) mass is 461 g/mol. The molecule has 1 aliphatic heterocycles. The van der Waals surface area contributed by atoms with Crippen LogP contribution in [0.3, 0.4) is 0 Å². The first-order valence-corrected chi connectivity index (χ1v) is 11.2. The maximum absolute atomic E-state index is 13.9. The van der Waals surface area contributed by atoms with Gasteiger partial charge in [0.05, 0.1) is 18.3 Å². The minimum absolute atomic E-state index is 0.0503. The molecule has 2 heterocycles. The van der Waals surface area contributed by atoms with Crippen LogP contribution in [-0.2, 0) is 22.7 Å². The second-order valence-corrected chi connectivity index (χ2v) is 10.9. The molecule has 1 aromatic carbocycles. The molecular formula is C25H33F2N3O3. The Morgan fingerprint density at radius 3 is 2.45 bits per heavy atom. The molecule has 1 atom stereocenters. The normalized spacial score (nSPS) is 15.5. The number of rotatable bonds is 5. The molecule has 6 nitrogen and oxygen atoms in total. The molecule has 0 saturated heterocycles. The predicted octanol–water partition coefficient (Wildman–Crippen LogP) is 4.90. The summed E-state index contributed by atoms with van der Waals surface area (Å²) in [7, 11) is 0. The number of Topliss-reactive ketones (excluding diaryl/α,β-unsaturated/α-hetero) is 1. The van der Waals surface area contributed by atoms with Crippen molar-refractivity contribution in [2.75, 3.05) is 6.61 Å². The molecule has 180 valence electrons. The Labute approximate surface area is 193 Å². The zero-order chi connectivity index (χ0) is 24.6. The fraction of sp³-hybridized carbons (Fsp3) is 0.560. The summed E-state index contributed by atoms with van der Waals surface area (Å²) in [6.45, 7) is 12.8. The van der Waals surface area contributed by atoms with Crippen LogP contribution < -0.4 is 5.32 Å². The maximum atomic E-state index is 13.9. The Morgan fingerprint density at radius 2 is 1.85 bits per heavy atom. The fourth-order valence-corrected chi connectivity index (χ4v) is 4.01. The molecule has 0 radical (unpaired) electrons. The van der Waals surface area contributed by atoms with Crippen LogP contribution in [0.25, 0.3) is 11.4 Å². The summed E-state index contributed by atoms with van der Waals surface area (Å²) >= 11 is 0. The Kier molecular flexibility index (Phi) is 7.07. The summed E-state index contributed by atoms with van der Waals surface area (Å²) in [4.78, 5) is 31.0. The number of ketones is 1. The van der Waals surface area contributed by atoms with E-state index in [-0.39, 0.29) is 23.5 Å². The van der Waals surface area contributed by atoms with Crippen LogP contribution >= 0.6 is 0 Å². The molecule has 0 fully saturated rings. The van der Waals surface area contributed by atoms with Crippen LogP contribution in [0.15, 0.2) is 18.2 Å². The second-order valence-electron chi connectivity index (χ2n) is 10.9. The van der Waals surface area contributed by atoms with E-state index in [2.05, 4.69) is 10.3 Å². The topological polar surface area (TPSA) is 73.2 Å². The number of ether oxygens (including phenoxy) is 1. The lowest BCUT2D eigenvalue weighted by molar-refractivity contribution is -0.125. The highest BCUT2D eigenvalue weighted by molar-refractivity contribution is 5.98. The van der Waals surface area contributed by atoms with Crippen molar-refractivity contribution in [1.29, 1.82) is 0 Å². The highest BCUT2D eigenvalue weighted by atomic mass is 19.2. The van der Waals surface area contributed by atoms with Crippen LogP contribution in [0.2, 0.25) is 0 Å². The Morgan fingerprint density at radius 1 is 1.15 bits per heavy atom. The summed E-state index contributed by atoms with van der Waals surface area (Å²) in [6.07, 6.45) is 1.01. The van der Waals surface area contributed by atoms with Gasteiger partial charge in [-0.25, -0.2) is 13.8 Å². The van der Waals surface area contributed by atoms with E-state index in [0.29, 0.717) is 43.1 Å². The number of carbonyl (C=O) groups excluding carboxylic acids is 2. The van der Waals surface area contributed by atoms with Crippen molar-refractivity contribution in [3.05, 3.63) is 41.2 Å². The lowest BCUT2D eigenvalue weighted by Crippen LogP contribution is -2.50.